The predicted molar refractivity (Wildman–Crippen MR) is 79.7 cm³/mol. The highest BCUT2D eigenvalue weighted by molar-refractivity contribution is 6.06. The van der Waals surface area contributed by atoms with Gasteiger partial charge in [-0.1, -0.05) is 30.4 Å². The second-order valence-corrected chi connectivity index (χ2v) is 4.22. The number of carbonyl (C=O) groups excluding carboxylic acids is 2. The van der Waals surface area contributed by atoms with Gasteiger partial charge in [0.15, 0.2) is 0 Å². The van der Waals surface area contributed by atoms with Crippen LogP contribution in [0.15, 0.2) is 42.1 Å². The van der Waals surface area contributed by atoms with E-state index in [0.717, 1.165) is 5.56 Å². The number of anilines is 1. The van der Waals surface area contributed by atoms with Crippen LogP contribution in [0.25, 0.3) is 6.08 Å². The minimum Gasteiger partial charge on any atom is -0.461 e. The van der Waals surface area contributed by atoms with E-state index < -0.39 is 12.1 Å². The lowest BCUT2D eigenvalue weighted by molar-refractivity contribution is -0.138. The van der Waals surface area contributed by atoms with Crippen molar-refractivity contribution < 1.29 is 19.1 Å². The summed E-state index contributed by atoms with van der Waals surface area (Å²) >= 11 is 0. The van der Waals surface area contributed by atoms with Gasteiger partial charge in [0.1, 0.15) is 5.70 Å². The lowest BCUT2D eigenvalue weighted by Gasteiger charge is -2.23. The first-order valence-electron chi connectivity index (χ1n) is 6.80. The normalized spacial score (nSPS) is 13.0. The first-order chi connectivity index (χ1) is 10.2. The van der Waals surface area contributed by atoms with Crippen LogP contribution < -0.4 is 4.90 Å². The molecule has 0 bridgehead atoms. The zero-order chi connectivity index (χ0) is 15.2. The van der Waals surface area contributed by atoms with Crippen molar-refractivity contribution in [2.24, 2.45) is 0 Å². The summed E-state index contributed by atoms with van der Waals surface area (Å²) in [6.45, 7) is 3.89. The van der Waals surface area contributed by atoms with Gasteiger partial charge in [-0.15, -0.1) is 0 Å². The molecule has 1 heterocycles. The minimum atomic E-state index is -0.604. The SMILES string of the molecule is CCOC(=O)C1=CC=Cc2ccccc2N1C(=O)OCC. The summed E-state index contributed by atoms with van der Waals surface area (Å²) in [4.78, 5) is 25.6. The average molecular weight is 287 g/mol. The molecular formula is C16H17NO4. The van der Waals surface area contributed by atoms with Gasteiger partial charge in [0, 0.05) is 0 Å². The molecule has 1 aromatic carbocycles. The maximum absolute atomic E-state index is 12.3. The molecule has 0 N–H and O–H groups in total. The molecule has 0 spiro atoms. The van der Waals surface area contributed by atoms with E-state index in [1.165, 1.54) is 4.90 Å². The van der Waals surface area contributed by atoms with Crippen LogP contribution in [0.2, 0.25) is 0 Å². The summed E-state index contributed by atoms with van der Waals surface area (Å²) in [5.74, 6) is -0.563. The van der Waals surface area contributed by atoms with E-state index in [9.17, 15) is 9.59 Å². The van der Waals surface area contributed by atoms with Gasteiger partial charge in [-0.25, -0.2) is 14.5 Å². The van der Waals surface area contributed by atoms with Crippen LogP contribution >= 0.6 is 0 Å². The number of ether oxygens (including phenoxy) is 2. The van der Waals surface area contributed by atoms with Gasteiger partial charge in [-0.05, 0) is 31.6 Å². The number of benzene rings is 1. The van der Waals surface area contributed by atoms with Crippen molar-refractivity contribution in [2.45, 2.75) is 13.8 Å². The number of rotatable bonds is 3. The molecule has 0 saturated carbocycles. The van der Waals surface area contributed by atoms with Crippen LogP contribution in [0.3, 0.4) is 0 Å². The molecule has 110 valence electrons. The molecule has 5 heteroatoms. The zero-order valence-corrected chi connectivity index (χ0v) is 12.0. The largest absolute Gasteiger partial charge is 0.461 e. The van der Waals surface area contributed by atoms with Gasteiger partial charge in [-0.2, -0.15) is 0 Å². The van der Waals surface area contributed by atoms with Crippen molar-refractivity contribution in [1.29, 1.82) is 0 Å². The van der Waals surface area contributed by atoms with Crippen molar-refractivity contribution in [1.82, 2.24) is 0 Å². The van der Waals surface area contributed by atoms with Crippen LogP contribution in [0, 0.1) is 0 Å². The van der Waals surface area contributed by atoms with E-state index in [-0.39, 0.29) is 18.9 Å². The molecule has 0 atom stereocenters. The Hall–Kier alpha value is -2.56. The summed E-state index contributed by atoms with van der Waals surface area (Å²) < 4.78 is 10.1. The molecule has 1 aromatic rings. The van der Waals surface area contributed by atoms with Crippen molar-refractivity contribution >= 4 is 23.8 Å². The fourth-order valence-corrected chi connectivity index (χ4v) is 2.03. The second kappa shape index (κ2) is 6.74. The lowest BCUT2D eigenvalue weighted by Crippen LogP contribution is -2.35. The number of para-hydroxylation sites is 1. The number of esters is 1. The van der Waals surface area contributed by atoms with Crippen LogP contribution in [-0.4, -0.2) is 25.3 Å². The van der Waals surface area contributed by atoms with Gasteiger partial charge in [0.25, 0.3) is 0 Å². The highest BCUT2D eigenvalue weighted by Crippen LogP contribution is 2.29. The third-order valence-electron chi connectivity index (χ3n) is 2.88. The van der Waals surface area contributed by atoms with Gasteiger partial charge in [-0.3, -0.25) is 0 Å². The van der Waals surface area contributed by atoms with Crippen molar-refractivity contribution in [3.05, 3.63) is 47.7 Å². The van der Waals surface area contributed by atoms with Crippen molar-refractivity contribution in [2.75, 3.05) is 18.1 Å². The Morgan fingerprint density at radius 1 is 1.10 bits per heavy atom. The maximum Gasteiger partial charge on any atom is 0.419 e. The molecule has 2 rings (SSSR count). The van der Waals surface area contributed by atoms with Crippen LogP contribution in [0.1, 0.15) is 19.4 Å². The number of allylic oxidation sites excluding steroid dienone is 2. The summed E-state index contributed by atoms with van der Waals surface area (Å²) in [5.41, 5.74) is 1.54. The Bertz CT molecular complexity index is 604. The number of carbonyl (C=O) groups is 2. The first kappa shape index (κ1) is 14.8. The van der Waals surface area contributed by atoms with Gasteiger partial charge in [0.05, 0.1) is 18.9 Å². The third-order valence-corrected chi connectivity index (χ3v) is 2.88. The van der Waals surface area contributed by atoms with E-state index in [2.05, 4.69) is 0 Å². The molecule has 0 unspecified atom stereocenters. The van der Waals surface area contributed by atoms with E-state index in [4.69, 9.17) is 9.47 Å². The van der Waals surface area contributed by atoms with E-state index in [1.54, 1.807) is 38.1 Å². The van der Waals surface area contributed by atoms with Crippen molar-refractivity contribution in [3.63, 3.8) is 0 Å². The van der Waals surface area contributed by atoms with Crippen LogP contribution in [0.4, 0.5) is 10.5 Å². The summed E-state index contributed by atoms with van der Waals surface area (Å²) in [5, 5.41) is 0. The Morgan fingerprint density at radius 2 is 1.81 bits per heavy atom. The fourth-order valence-electron chi connectivity index (χ4n) is 2.03. The highest BCUT2D eigenvalue weighted by atomic mass is 16.6. The van der Waals surface area contributed by atoms with E-state index >= 15 is 0 Å². The number of hydrogen-bond acceptors (Lipinski definition) is 4. The van der Waals surface area contributed by atoms with Crippen LogP contribution in [-0.2, 0) is 14.3 Å². The summed E-state index contributed by atoms with van der Waals surface area (Å²) in [7, 11) is 0. The third kappa shape index (κ3) is 3.13. The number of fused-ring (bicyclic) bond motifs is 1. The summed E-state index contributed by atoms with van der Waals surface area (Å²) in [6, 6.07) is 7.28. The lowest BCUT2D eigenvalue weighted by atomic mass is 10.1. The molecule has 1 aliphatic heterocycles. The van der Waals surface area contributed by atoms with Gasteiger partial charge >= 0.3 is 12.1 Å². The van der Waals surface area contributed by atoms with E-state index in [1.807, 2.05) is 18.2 Å². The second-order valence-electron chi connectivity index (χ2n) is 4.22. The zero-order valence-electron chi connectivity index (χ0n) is 12.0. The quantitative estimate of drug-likeness (QED) is 0.801. The maximum atomic E-state index is 12.3. The molecule has 0 aromatic heterocycles. The van der Waals surface area contributed by atoms with E-state index in [0.29, 0.717) is 5.69 Å². The molecule has 21 heavy (non-hydrogen) atoms. The molecule has 1 amide bonds. The molecular weight excluding hydrogens is 270 g/mol. The fraction of sp³-hybridized carbons (Fsp3) is 0.250. The minimum absolute atomic E-state index is 0.136. The topological polar surface area (TPSA) is 55.8 Å². The predicted octanol–water partition coefficient (Wildman–Crippen LogP) is 3.12. The molecule has 0 saturated heterocycles. The molecule has 5 nitrogen and oxygen atoms in total. The highest BCUT2D eigenvalue weighted by Gasteiger charge is 2.29. The monoisotopic (exact) mass is 287 g/mol. The Labute approximate surface area is 123 Å². The first-order valence-corrected chi connectivity index (χ1v) is 6.80. The Morgan fingerprint density at radius 3 is 2.52 bits per heavy atom. The number of hydrogen-bond donors (Lipinski definition) is 0. The number of nitrogens with zero attached hydrogens (tertiary/aromatic N) is 1. The number of amides is 1. The average Bonchev–Trinajstić information content (AvgIpc) is 2.67. The molecule has 1 aliphatic rings. The standard InChI is InChI=1S/C16H17NO4/c1-3-20-15(18)14-11-7-9-12-8-5-6-10-13(12)17(14)16(19)21-4-2/h5-11H,3-4H2,1-2H3. The van der Waals surface area contributed by atoms with Gasteiger partial charge < -0.3 is 9.47 Å². The molecule has 0 radical (unpaired) electrons. The van der Waals surface area contributed by atoms with Crippen molar-refractivity contribution in [3.8, 4) is 0 Å². The Balaban J connectivity index is 2.49. The van der Waals surface area contributed by atoms with Crippen LogP contribution in [0.5, 0.6) is 0 Å². The molecule has 0 aliphatic carbocycles. The molecule has 0 fully saturated rings. The summed E-state index contributed by atoms with van der Waals surface area (Å²) in [6.07, 6.45) is 4.49. The smallest absolute Gasteiger partial charge is 0.419 e. The Kier molecular flexibility index (Phi) is 4.77. The van der Waals surface area contributed by atoms with Gasteiger partial charge in [0.2, 0.25) is 0 Å².